The van der Waals surface area contributed by atoms with E-state index in [0.29, 0.717) is 0 Å². The molecule has 3 N–H and O–H groups in total. The van der Waals surface area contributed by atoms with Crippen LogP contribution in [0.1, 0.15) is 44.9 Å². The second-order valence-corrected chi connectivity index (χ2v) is 4.85. The van der Waals surface area contributed by atoms with Crippen molar-refractivity contribution in [3.8, 4) is 0 Å². The summed E-state index contributed by atoms with van der Waals surface area (Å²) < 4.78 is 0. The van der Waals surface area contributed by atoms with Gasteiger partial charge in [0.2, 0.25) is 0 Å². The Morgan fingerprint density at radius 3 is 1.05 bits per heavy atom. The molecule has 3 aliphatic heterocycles. The Bertz CT molecular complexity index is 159. The molecule has 6 nitrogen and oxygen atoms in total. The van der Waals surface area contributed by atoms with E-state index < -0.39 is 0 Å². The molecule has 0 amide bonds. The SMILES string of the molecule is C1=CC[N-]CC1.C1CC[N-]CC1.C1CC[N-]CC1.[Mg+2].[OH-].[OH-].[OH-]. The Hall–Kier alpha value is 0.266. The van der Waals surface area contributed by atoms with Crippen molar-refractivity contribution in [3.63, 3.8) is 0 Å². The molecule has 0 aliphatic carbocycles. The quantitative estimate of drug-likeness (QED) is 0.498. The second-order valence-electron chi connectivity index (χ2n) is 4.85. The first-order chi connectivity index (χ1) is 9.00. The van der Waals surface area contributed by atoms with Crippen LogP contribution in [0.2, 0.25) is 0 Å². The average molecular weight is 326 g/mol. The summed E-state index contributed by atoms with van der Waals surface area (Å²) in [5.41, 5.74) is 0. The van der Waals surface area contributed by atoms with Crippen molar-refractivity contribution >= 4 is 23.1 Å². The molecule has 3 rings (SSSR count). The number of rotatable bonds is 0. The largest absolute Gasteiger partial charge is 2.00 e. The fourth-order valence-electron chi connectivity index (χ4n) is 2.00. The third-order valence-corrected chi connectivity index (χ3v) is 3.12. The summed E-state index contributed by atoms with van der Waals surface area (Å²) in [7, 11) is 0. The molecule has 0 aromatic rings. The van der Waals surface area contributed by atoms with Gasteiger partial charge in [0.1, 0.15) is 0 Å². The van der Waals surface area contributed by atoms with Crippen LogP contribution in [0.25, 0.3) is 16.0 Å². The van der Waals surface area contributed by atoms with Gasteiger partial charge < -0.3 is 32.4 Å². The zero-order chi connectivity index (χ0) is 12.7. The molecule has 3 aliphatic rings. The molecule has 0 aromatic carbocycles. The predicted molar refractivity (Wildman–Crippen MR) is 92.3 cm³/mol. The molecule has 0 radical (unpaired) electrons. The minimum atomic E-state index is 0. The van der Waals surface area contributed by atoms with Crippen molar-refractivity contribution in [2.45, 2.75) is 44.9 Å². The van der Waals surface area contributed by atoms with Gasteiger partial charge in [-0.15, -0.1) is 45.3 Å². The fraction of sp³-hybridized carbons (Fsp3) is 0.867. The van der Waals surface area contributed by atoms with Gasteiger partial charge in [0.05, 0.1) is 0 Å². The molecule has 0 bridgehead atoms. The van der Waals surface area contributed by atoms with Crippen LogP contribution < -0.4 is 0 Å². The van der Waals surface area contributed by atoms with E-state index in [-0.39, 0.29) is 39.5 Å². The van der Waals surface area contributed by atoms with Crippen molar-refractivity contribution < 1.29 is 16.4 Å². The third-order valence-electron chi connectivity index (χ3n) is 3.12. The van der Waals surface area contributed by atoms with Gasteiger partial charge in [0.25, 0.3) is 0 Å². The van der Waals surface area contributed by atoms with Crippen molar-refractivity contribution in [3.05, 3.63) is 28.1 Å². The monoisotopic (exact) mass is 325 g/mol. The van der Waals surface area contributed by atoms with E-state index in [1.54, 1.807) is 0 Å². The van der Waals surface area contributed by atoms with E-state index in [0.717, 1.165) is 45.7 Å². The Labute approximate surface area is 152 Å². The van der Waals surface area contributed by atoms with E-state index >= 15 is 0 Å². The molecule has 0 atom stereocenters. The Kier molecular flexibility index (Phi) is 35.9. The summed E-state index contributed by atoms with van der Waals surface area (Å²) in [6.45, 7) is 6.48. The predicted octanol–water partition coefficient (Wildman–Crippen LogP) is 3.50. The molecule has 2 fully saturated rings. The van der Waals surface area contributed by atoms with Crippen LogP contribution in [-0.2, 0) is 0 Å². The molecule has 0 saturated carbocycles. The fourth-order valence-corrected chi connectivity index (χ4v) is 2.00. The third kappa shape index (κ3) is 22.5. The maximum Gasteiger partial charge on any atom is 2.00 e. The van der Waals surface area contributed by atoms with Crippen molar-refractivity contribution in [2.24, 2.45) is 0 Å². The number of nitrogens with zero attached hydrogens (tertiary/aromatic N) is 3. The first kappa shape index (κ1) is 30.2. The molecular weight excluding hydrogens is 294 g/mol. The second kappa shape index (κ2) is 26.2. The summed E-state index contributed by atoms with van der Waals surface area (Å²) in [4.78, 5) is 0. The first-order valence-corrected chi connectivity index (χ1v) is 7.55. The van der Waals surface area contributed by atoms with Gasteiger partial charge in [0, 0.05) is 0 Å². The number of hydrogen-bond acceptors (Lipinski definition) is 3. The molecule has 130 valence electrons. The smallest absolute Gasteiger partial charge is 0.870 e. The Morgan fingerprint density at radius 2 is 0.955 bits per heavy atom. The maximum absolute atomic E-state index is 4.18. The van der Waals surface area contributed by atoms with Gasteiger partial charge in [-0.3, -0.25) is 0 Å². The minimum Gasteiger partial charge on any atom is -0.870 e. The topological polar surface area (TPSA) is 132 Å². The van der Waals surface area contributed by atoms with Crippen LogP contribution in [0.15, 0.2) is 12.2 Å². The molecule has 0 aromatic heterocycles. The van der Waals surface area contributed by atoms with E-state index in [9.17, 15) is 0 Å². The summed E-state index contributed by atoms with van der Waals surface area (Å²) >= 11 is 0. The number of piperidine rings is 2. The average Bonchev–Trinajstić information content (AvgIpc) is 2.54. The van der Waals surface area contributed by atoms with E-state index in [1.807, 2.05) is 0 Å². The van der Waals surface area contributed by atoms with Gasteiger partial charge in [-0.2, -0.15) is 0 Å². The van der Waals surface area contributed by atoms with E-state index in [1.165, 1.54) is 38.5 Å². The normalized spacial score (nSPS) is 18.9. The summed E-state index contributed by atoms with van der Waals surface area (Å²) in [5, 5.41) is 12.4. The zero-order valence-corrected chi connectivity index (χ0v) is 15.2. The van der Waals surface area contributed by atoms with Gasteiger partial charge in [-0.25, -0.2) is 0 Å². The molecule has 3 heterocycles. The van der Waals surface area contributed by atoms with Gasteiger partial charge in [-0.1, -0.05) is 51.0 Å². The number of hydrogen-bond donors (Lipinski definition) is 0. The standard InChI is InChI=1S/2C5H10N.C5H8N.Mg.3H2O/c3*1-2-4-6-5-3-1;;;;/h2*1-5H2;1-2H,3-5H2;;3*1H2/q3*-1;+2;;;/p-3. The van der Waals surface area contributed by atoms with Crippen LogP contribution in [0, 0.1) is 0 Å². The molecule has 2 saturated heterocycles. The van der Waals surface area contributed by atoms with E-state index in [2.05, 4.69) is 28.1 Å². The van der Waals surface area contributed by atoms with Gasteiger partial charge in [0.15, 0.2) is 0 Å². The molecule has 22 heavy (non-hydrogen) atoms. The molecule has 7 heteroatoms. The summed E-state index contributed by atoms with van der Waals surface area (Å²) in [6, 6.07) is 0. The summed E-state index contributed by atoms with van der Waals surface area (Å²) in [5.74, 6) is 0. The van der Waals surface area contributed by atoms with Crippen LogP contribution >= 0.6 is 0 Å². The zero-order valence-electron chi connectivity index (χ0n) is 13.7. The maximum atomic E-state index is 4.18. The Balaban J connectivity index is -0.000000101. The van der Waals surface area contributed by atoms with Crippen molar-refractivity contribution in [2.75, 3.05) is 39.3 Å². The molecule has 0 spiro atoms. The Morgan fingerprint density at radius 1 is 0.500 bits per heavy atom. The van der Waals surface area contributed by atoms with E-state index in [4.69, 9.17) is 0 Å². The van der Waals surface area contributed by atoms with Gasteiger partial charge >= 0.3 is 23.1 Å². The van der Waals surface area contributed by atoms with Crippen LogP contribution in [-0.4, -0.2) is 78.7 Å². The van der Waals surface area contributed by atoms with Crippen molar-refractivity contribution in [1.82, 2.24) is 0 Å². The van der Waals surface area contributed by atoms with Gasteiger partial charge in [-0.05, 0) is 0 Å². The molecule has 0 unspecified atom stereocenters. The van der Waals surface area contributed by atoms with Crippen LogP contribution in [0.5, 0.6) is 0 Å². The first-order valence-electron chi connectivity index (χ1n) is 7.55. The van der Waals surface area contributed by atoms with Crippen molar-refractivity contribution in [1.29, 1.82) is 0 Å². The van der Waals surface area contributed by atoms with Crippen LogP contribution in [0.3, 0.4) is 0 Å². The summed E-state index contributed by atoms with van der Waals surface area (Å²) in [6.07, 6.45) is 13.6. The van der Waals surface area contributed by atoms with Crippen LogP contribution in [0.4, 0.5) is 0 Å². The molecular formula is C15H31MgN3O3-4. The minimum absolute atomic E-state index is 0.